The zero-order valence-corrected chi connectivity index (χ0v) is 23.8. The second-order valence-corrected chi connectivity index (χ2v) is 11.8. The fraction of sp³-hybridized carbons (Fsp3) is 0. The highest BCUT2D eigenvalue weighted by atomic mass is 32.2. The molecule has 3 nitrogen and oxygen atoms in total. The second kappa shape index (κ2) is 10.1. The van der Waals surface area contributed by atoms with Gasteiger partial charge in [0.15, 0.2) is 0 Å². The Labute approximate surface area is 255 Å². The summed E-state index contributed by atoms with van der Waals surface area (Å²) in [6.45, 7) is -0.119. The first-order chi connectivity index (χ1) is 21.2. The molecular weight excluding hydrogens is 541 g/mol. The lowest BCUT2D eigenvalue weighted by atomic mass is 9.34. The van der Waals surface area contributed by atoms with E-state index in [1.54, 1.807) is 17.8 Å². The molecule has 2 aliphatic rings. The lowest BCUT2D eigenvalue weighted by Gasteiger charge is -2.41. The van der Waals surface area contributed by atoms with E-state index in [0.717, 1.165) is 60.0 Å². The fourth-order valence-corrected chi connectivity index (χ4v) is 7.73. The largest absolute Gasteiger partial charge is 0.310 e. The number of rotatable bonds is 3. The van der Waals surface area contributed by atoms with Gasteiger partial charge in [-0.25, -0.2) is 0 Å². The van der Waals surface area contributed by atoms with Crippen molar-refractivity contribution in [2.24, 2.45) is 0 Å². The molecule has 0 radical (unpaired) electrons. The molecule has 8 rings (SSSR count). The van der Waals surface area contributed by atoms with Crippen molar-refractivity contribution in [3.8, 4) is 34.4 Å². The summed E-state index contributed by atoms with van der Waals surface area (Å²) in [6, 6.07) is 51.0. The molecule has 6 aromatic carbocycles. The molecule has 0 N–H and O–H groups in total. The molecule has 0 amide bonds. The molecule has 5 heteroatoms. The Kier molecular flexibility index (Phi) is 5.93. The number of hydrogen-bond donors (Lipinski definition) is 0. The molecule has 2 aliphatic heterocycles. The molecule has 0 spiro atoms. The number of anilines is 3. The topological polar surface area (TPSA) is 50.8 Å². The second-order valence-electron chi connectivity index (χ2n) is 10.8. The maximum atomic E-state index is 10.5. The Bertz CT molecular complexity index is 2130. The molecule has 0 atom stereocenters. The molecular formula is C38H22BN3S. The lowest BCUT2D eigenvalue weighted by molar-refractivity contribution is 1.24. The summed E-state index contributed by atoms with van der Waals surface area (Å²) >= 11 is 1.64. The van der Waals surface area contributed by atoms with Crippen molar-refractivity contribution in [2.45, 2.75) is 9.79 Å². The highest BCUT2D eigenvalue weighted by Crippen LogP contribution is 2.45. The number of hydrogen-bond acceptors (Lipinski definition) is 4. The van der Waals surface area contributed by atoms with E-state index < -0.39 is 0 Å². The van der Waals surface area contributed by atoms with Crippen LogP contribution in [-0.4, -0.2) is 6.71 Å². The first-order valence-electron chi connectivity index (χ1n) is 14.2. The van der Waals surface area contributed by atoms with Crippen molar-refractivity contribution >= 4 is 51.9 Å². The van der Waals surface area contributed by atoms with E-state index in [0.29, 0.717) is 11.1 Å². The predicted molar refractivity (Wildman–Crippen MR) is 177 cm³/mol. The number of para-hydroxylation sites is 1. The Morgan fingerprint density at radius 2 is 1.14 bits per heavy atom. The first kappa shape index (κ1) is 25.2. The minimum absolute atomic E-state index is 0.119. The fourth-order valence-electron chi connectivity index (χ4n) is 6.48. The van der Waals surface area contributed by atoms with Gasteiger partial charge in [-0.15, -0.1) is 0 Å². The van der Waals surface area contributed by atoms with E-state index in [1.165, 1.54) is 5.46 Å². The number of fused-ring (bicyclic) bond motifs is 4. The van der Waals surface area contributed by atoms with Gasteiger partial charge >= 0.3 is 0 Å². The van der Waals surface area contributed by atoms with Crippen LogP contribution in [0.5, 0.6) is 0 Å². The van der Waals surface area contributed by atoms with E-state index in [2.05, 4.69) is 114 Å². The van der Waals surface area contributed by atoms with Gasteiger partial charge in [0.25, 0.3) is 0 Å². The molecule has 0 aromatic heterocycles. The summed E-state index contributed by atoms with van der Waals surface area (Å²) in [6.07, 6.45) is 0. The third-order valence-corrected chi connectivity index (χ3v) is 9.61. The standard InChI is InChI=1S/C38H22BN3S/c40-23-29-20-30(24-41)38-36-37(29)42(31-14-8-3-9-15-31)34-21-27(25-10-4-1-5-11-25)16-18-32(34)39(36)33-19-17-28(22-35(33)43-38)26-12-6-2-7-13-26/h1-22H. The van der Waals surface area contributed by atoms with Gasteiger partial charge in [-0.1, -0.05) is 120 Å². The predicted octanol–water partition coefficient (Wildman–Crippen LogP) is 7.53. The van der Waals surface area contributed by atoms with E-state index in [-0.39, 0.29) is 6.71 Å². The van der Waals surface area contributed by atoms with Gasteiger partial charge in [0.05, 0.1) is 16.8 Å². The van der Waals surface area contributed by atoms with Crippen LogP contribution >= 0.6 is 11.8 Å². The molecule has 2 heterocycles. The molecule has 198 valence electrons. The van der Waals surface area contributed by atoms with Crippen LogP contribution in [0.2, 0.25) is 0 Å². The molecule has 0 saturated heterocycles. The summed E-state index contributed by atoms with van der Waals surface area (Å²) in [7, 11) is 0. The van der Waals surface area contributed by atoms with Crippen LogP contribution in [0.15, 0.2) is 143 Å². The van der Waals surface area contributed by atoms with E-state index in [1.807, 2.05) is 30.3 Å². The van der Waals surface area contributed by atoms with E-state index in [4.69, 9.17) is 0 Å². The van der Waals surface area contributed by atoms with Crippen molar-refractivity contribution < 1.29 is 0 Å². The Morgan fingerprint density at radius 3 is 1.77 bits per heavy atom. The highest BCUT2D eigenvalue weighted by Gasteiger charge is 2.43. The van der Waals surface area contributed by atoms with Gasteiger partial charge in [-0.3, -0.25) is 0 Å². The normalized spacial score (nSPS) is 12.4. The molecule has 0 unspecified atom stereocenters. The van der Waals surface area contributed by atoms with Crippen molar-refractivity contribution in [1.29, 1.82) is 10.5 Å². The molecule has 0 bridgehead atoms. The third kappa shape index (κ3) is 3.98. The molecule has 0 aliphatic carbocycles. The lowest BCUT2D eigenvalue weighted by Crippen LogP contribution is -2.60. The minimum atomic E-state index is -0.119. The van der Waals surface area contributed by atoms with Crippen molar-refractivity contribution in [2.75, 3.05) is 4.90 Å². The van der Waals surface area contributed by atoms with Crippen LogP contribution in [0.1, 0.15) is 11.1 Å². The monoisotopic (exact) mass is 563 g/mol. The third-order valence-electron chi connectivity index (χ3n) is 8.39. The summed E-state index contributed by atoms with van der Waals surface area (Å²) in [5.74, 6) is 0. The zero-order valence-electron chi connectivity index (χ0n) is 23.0. The van der Waals surface area contributed by atoms with Crippen molar-refractivity contribution in [3.05, 3.63) is 145 Å². The number of benzene rings is 6. The maximum absolute atomic E-state index is 10.5. The van der Waals surface area contributed by atoms with Crippen LogP contribution < -0.4 is 21.3 Å². The van der Waals surface area contributed by atoms with Crippen molar-refractivity contribution in [1.82, 2.24) is 0 Å². The van der Waals surface area contributed by atoms with Gasteiger partial charge in [0.1, 0.15) is 12.1 Å². The van der Waals surface area contributed by atoms with Crippen LogP contribution in [0.25, 0.3) is 22.3 Å². The average molecular weight is 563 g/mol. The van der Waals surface area contributed by atoms with Gasteiger partial charge in [0, 0.05) is 21.2 Å². The number of nitrogens with zero attached hydrogens (tertiary/aromatic N) is 3. The van der Waals surface area contributed by atoms with Crippen LogP contribution in [0.3, 0.4) is 0 Å². The molecule has 0 saturated carbocycles. The van der Waals surface area contributed by atoms with Gasteiger partial charge < -0.3 is 4.90 Å². The molecule has 6 aromatic rings. The average Bonchev–Trinajstić information content (AvgIpc) is 3.08. The van der Waals surface area contributed by atoms with Crippen LogP contribution in [0.4, 0.5) is 17.1 Å². The van der Waals surface area contributed by atoms with Crippen LogP contribution in [0, 0.1) is 22.7 Å². The minimum Gasteiger partial charge on any atom is -0.310 e. The Morgan fingerprint density at radius 1 is 0.558 bits per heavy atom. The molecule has 0 fully saturated rings. The van der Waals surface area contributed by atoms with Gasteiger partial charge in [-0.05, 0) is 63.5 Å². The van der Waals surface area contributed by atoms with Crippen molar-refractivity contribution in [3.63, 3.8) is 0 Å². The van der Waals surface area contributed by atoms with E-state index in [9.17, 15) is 10.5 Å². The van der Waals surface area contributed by atoms with E-state index >= 15 is 0 Å². The highest BCUT2D eigenvalue weighted by molar-refractivity contribution is 8.00. The van der Waals surface area contributed by atoms with Crippen LogP contribution in [-0.2, 0) is 0 Å². The summed E-state index contributed by atoms with van der Waals surface area (Å²) < 4.78 is 0. The molecule has 43 heavy (non-hydrogen) atoms. The summed E-state index contributed by atoms with van der Waals surface area (Å²) in [5.41, 5.74) is 11.9. The maximum Gasteiger partial charge on any atom is 0.249 e. The quantitative estimate of drug-likeness (QED) is 0.209. The van der Waals surface area contributed by atoms with Gasteiger partial charge in [-0.2, -0.15) is 10.5 Å². The Balaban J connectivity index is 1.44. The zero-order chi connectivity index (χ0) is 28.9. The number of nitriles is 2. The summed E-state index contributed by atoms with van der Waals surface area (Å²) in [5, 5.41) is 20.8. The SMILES string of the molecule is N#Cc1cc(C#N)c2c3c1Sc1cc(-c4ccccc4)ccc1B3c1ccc(-c3ccccc3)cc1N2c1ccccc1. The first-order valence-corrected chi connectivity index (χ1v) is 15.0. The smallest absolute Gasteiger partial charge is 0.249 e. The van der Waals surface area contributed by atoms with Gasteiger partial charge in [0.2, 0.25) is 6.71 Å². The summed E-state index contributed by atoms with van der Waals surface area (Å²) in [4.78, 5) is 4.29. The Hall–Kier alpha value is -5.49.